The second kappa shape index (κ2) is 6.85. The number of aromatic nitrogens is 2. The van der Waals surface area contributed by atoms with Crippen molar-refractivity contribution >= 4 is 11.7 Å². The number of carbonyl (C=O) groups is 1. The zero-order valence-corrected chi connectivity index (χ0v) is 16.4. The Morgan fingerprint density at radius 1 is 1.42 bits per heavy atom. The Bertz CT molecular complexity index is 656. The number of anilines is 1. The molecule has 2 atom stereocenters. The molecule has 7 heteroatoms. The van der Waals surface area contributed by atoms with Crippen molar-refractivity contribution < 1.29 is 14.6 Å². The van der Waals surface area contributed by atoms with E-state index in [9.17, 15) is 9.90 Å². The molecule has 7 nitrogen and oxygen atoms in total. The molecular formula is C19H32N4O3. The number of carbonyl (C=O) groups excluding carboxylic acids is 1. The molecule has 0 aliphatic carbocycles. The average Bonchev–Trinajstić information content (AvgIpc) is 2.84. The SMILES string of the molecule is Cc1cc(N)n(CC(=O)N2CCC3(CC2)C[C@H](O)C[C@H](C(C)(C)C)O3)n1. The summed E-state index contributed by atoms with van der Waals surface area (Å²) in [4.78, 5) is 14.5. The second-order valence-electron chi connectivity index (χ2n) is 9.00. The topological polar surface area (TPSA) is 93.6 Å². The van der Waals surface area contributed by atoms with E-state index in [1.165, 1.54) is 0 Å². The summed E-state index contributed by atoms with van der Waals surface area (Å²) in [5.74, 6) is 0.537. The maximum Gasteiger partial charge on any atom is 0.244 e. The largest absolute Gasteiger partial charge is 0.393 e. The molecule has 0 saturated carbocycles. The van der Waals surface area contributed by atoms with Gasteiger partial charge >= 0.3 is 0 Å². The van der Waals surface area contributed by atoms with E-state index >= 15 is 0 Å². The molecule has 146 valence electrons. The molecule has 2 aliphatic heterocycles. The van der Waals surface area contributed by atoms with Crippen LogP contribution in [0.25, 0.3) is 0 Å². The summed E-state index contributed by atoms with van der Waals surface area (Å²) in [7, 11) is 0. The van der Waals surface area contributed by atoms with E-state index in [2.05, 4.69) is 25.9 Å². The molecule has 3 heterocycles. The highest BCUT2D eigenvalue weighted by molar-refractivity contribution is 5.76. The number of amides is 1. The van der Waals surface area contributed by atoms with Gasteiger partial charge in [-0.3, -0.25) is 4.79 Å². The zero-order valence-electron chi connectivity index (χ0n) is 16.4. The molecule has 0 aromatic carbocycles. The van der Waals surface area contributed by atoms with Gasteiger partial charge in [-0.1, -0.05) is 20.8 Å². The van der Waals surface area contributed by atoms with Crippen LogP contribution in [0.3, 0.4) is 0 Å². The van der Waals surface area contributed by atoms with E-state index in [1.807, 2.05) is 11.8 Å². The van der Waals surface area contributed by atoms with Crippen LogP contribution in [0.15, 0.2) is 6.07 Å². The van der Waals surface area contributed by atoms with Gasteiger partial charge in [0.1, 0.15) is 12.4 Å². The number of piperidine rings is 1. The second-order valence-corrected chi connectivity index (χ2v) is 9.00. The zero-order chi connectivity index (χ0) is 19.1. The number of likely N-dealkylation sites (tertiary alicyclic amines) is 1. The highest BCUT2D eigenvalue weighted by Crippen LogP contribution is 2.42. The van der Waals surface area contributed by atoms with Crippen LogP contribution in [-0.2, 0) is 16.1 Å². The van der Waals surface area contributed by atoms with Crippen LogP contribution in [0.4, 0.5) is 5.82 Å². The first-order valence-corrected chi connectivity index (χ1v) is 9.52. The number of ether oxygens (including phenoxy) is 1. The first-order valence-electron chi connectivity index (χ1n) is 9.52. The molecule has 2 aliphatic rings. The first kappa shape index (κ1) is 19.2. The number of nitrogens with zero attached hydrogens (tertiary/aromatic N) is 3. The van der Waals surface area contributed by atoms with Gasteiger partial charge < -0.3 is 20.5 Å². The monoisotopic (exact) mass is 364 g/mol. The predicted molar refractivity (Wildman–Crippen MR) is 99.5 cm³/mol. The van der Waals surface area contributed by atoms with E-state index in [0.29, 0.717) is 31.7 Å². The minimum Gasteiger partial charge on any atom is -0.393 e. The average molecular weight is 364 g/mol. The van der Waals surface area contributed by atoms with Gasteiger partial charge in [0.2, 0.25) is 5.91 Å². The van der Waals surface area contributed by atoms with Crippen molar-refractivity contribution in [2.45, 2.75) is 77.7 Å². The van der Waals surface area contributed by atoms with Crippen LogP contribution >= 0.6 is 0 Å². The number of aryl methyl sites for hydroxylation is 1. The Kier molecular flexibility index (Phi) is 5.05. The summed E-state index contributed by atoms with van der Waals surface area (Å²) in [6.45, 7) is 9.76. The maximum absolute atomic E-state index is 12.6. The lowest BCUT2D eigenvalue weighted by Crippen LogP contribution is -2.56. The van der Waals surface area contributed by atoms with E-state index < -0.39 is 0 Å². The standard InChI is InChI=1S/C19H32N4O3/c1-13-9-16(20)23(21-13)12-17(25)22-7-5-19(6-8-22)11-14(24)10-15(26-19)18(2,3)4/h9,14-15,24H,5-8,10-12,20H2,1-4H3/t14-,15-/m1/s1. The minimum absolute atomic E-state index is 0.00314. The van der Waals surface area contributed by atoms with Crippen LogP contribution in [-0.4, -0.2) is 56.6 Å². The van der Waals surface area contributed by atoms with Crippen molar-refractivity contribution in [3.8, 4) is 0 Å². The van der Waals surface area contributed by atoms with E-state index in [1.54, 1.807) is 10.7 Å². The van der Waals surface area contributed by atoms with Gasteiger partial charge in [-0.2, -0.15) is 5.10 Å². The number of nitrogen functional groups attached to an aromatic ring is 1. The van der Waals surface area contributed by atoms with Crippen LogP contribution in [0, 0.1) is 12.3 Å². The van der Waals surface area contributed by atoms with Crippen molar-refractivity contribution in [3.63, 3.8) is 0 Å². The molecule has 3 N–H and O–H groups in total. The van der Waals surface area contributed by atoms with Crippen molar-refractivity contribution in [2.24, 2.45) is 5.41 Å². The Hall–Kier alpha value is -1.60. The number of hydrogen-bond acceptors (Lipinski definition) is 5. The third-order valence-electron chi connectivity index (χ3n) is 5.70. The number of nitrogens with two attached hydrogens (primary N) is 1. The molecule has 1 amide bonds. The van der Waals surface area contributed by atoms with Crippen LogP contribution in [0.5, 0.6) is 0 Å². The predicted octanol–water partition coefficient (Wildman–Crippen LogP) is 1.72. The lowest BCUT2D eigenvalue weighted by atomic mass is 9.76. The highest BCUT2D eigenvalue weighted by atomic mass is 16.5. The molecule has 0 bridgehead atoms. The minimum atomic E-state index is -0.331. The number of aliphatic hydroxyl groups is 1. The Balaban J connectivity index is 1.61. The van der Waals surface area contributed by atoms with Crippen LogP contribution in [0.1, 0.15) is 52.1 Å². The van der Waals surface area contributed by atoms with E-state index in [4.69, 9.17) is 10.5 Å². The third-order valence-corrected chi connectivity index (χ3v) is 5.70. The molecule has 1 aromatic rings. The van der Waals surface area contributed by atoms with Crippen molar-refractivity contribution in [3.05, 3.63) is 11.8 Å². The number of rotatable bonds is 2. The molecule has 0 unspecified atom stereocenters. The molecule has 1 aromatic heterocycles. The van der Waals surface area contributed by atoms with Gasteiger partial charge in [0.15, 0.2) is 0 Å². The molecule has 1 spiro atoms. The highest BCUT2D eigenvalue weighted by Gasteiger charge is 2.46. The molecule has 2 fully saturated rings. The van der Waals surface area contributed by atoms with Gasteiger partial charge in [-0.15, -0.1) is 0 Å². The van der Waals surface area contributed by atoms with Gasteiger partial charge in [-0.25, -0.2) is 4.68 Å². The molecule has 2 saturated heterocycles. The Morgan fingerprint density at radius 3 is 2.62 bits per heavy atom. The third kappa shape index (κ3) is 4.04. The summed E-state index contributed by atoms with van der Waals surface area (Å²) in [6.07, 6.45) is 2.58. The fraction of sp³-hybridized carbons (Fsp3) is 0.789. The van der Waals surface area contributed by atoms with Crippen LogP contribution < -0.4 is 5.73 Å². The molecule has 26 heavy (non-hydrogen) atoms. The first-order chi connectivity index (χ1) is 12.1. The van der Waals surface area contributed by atoms with Crippen LogP contribution in [0.2, 0.25) is 0 Å². The smallest absolute Gasteiger partial charge is 0.244 e. The quantitative estimate of drug-likeness (QED) is 0.833. The summed E-state index contributed by atoms with van der Waals surface area (Å²) in [5.41, 5.74) is 6.38. The van der Waals surface area contributed by atoms with Crippen molar-refractivity contribution in [2.75, 3.05) is 18.8 Å². The Labute approximate surface area is 155 Å². The number of hydrogen-bond donors (Lipinski definition) is 2. The summed E-state index contributed by atoms with van der Waals surface area (Å²) >= 11 is 0. The lowest BCUT2D eigenvalue weighted by Gasteiger charge is -2.50. The van der Waals surface area contributed by atoms with Gasteiger partial charge in [0, 0.05) is 32.0 Å². The summed E-state index contributed by atoms with van der Waals surface area (Å²) in [5, 5.41) is 14.6. The summed E-state index contributed by atoms with van der Waals surface area (Å²) < 4.78 is 8.04. The summed E-state index contributed by atoms with van der Waals surface area (Å²) in [6, 6.07) is 1.77. The van der Waals surface area contributed by atoms with Crippen molar-refractivity contribution in [1.29, 1.82) is 0 Å². The van der Waals surface area contributed by atoms with E-state index in [0.717, 1.165) is 18.5 Å². The van der Waals surface area contributed by atoms with Crippen molar-refractivity contribution in [1.82, 2.24) is 14.7 Å². The van der Waals surface area contributed by atoms with Gasteiger partial charge in [-0.05, 0) is 25.2 Å². The normalized spacial score (nSPS) is 26.3. The van der Waals surface area contributed by atoms with Gasteiger partial charge in [0.05, 0.1) is 23.5 Å². The molecular weight excluding hydrogens is 332 g/mol. The molecule has 0 radical (unpaired) electrons. The fourth-order valence-corrected chi connectivity index (χ4v) is 4.09. The lowest BCUT2D eigenvalue weighted by molar-refractivity contribution is -0.207. The fourth-order valence-electron chi connectivity index (χ4n) is 4.09. The maximum atomic E-state index is 12.6. The molecule has 3 rings (SSSR count). The van der Waals surface area contributed by atoms with E-state index in [-0.39, 0.29) is 35.7 Å². The Morgan fingerprint density at radius 2 is 2.08 bits per heavy atom. The number of aliphatic hydroxyl groups excluding tert-OH is 1. The van der Waals surface area contributed by atoms with Gasteiger partial charge in [0.25, 0.3) is 0 Å².